The number of halogens is 3. The van der Waals surface area contributed by atoms with E-state index in [2.05, 4.69) is 32.4 Å². The zero-order valence-electron chi connectivity index (χ0n) is 22.6. The van der Waals surface area contributed by atoms with E-state index in [1.165, 1.54) is 16.8 Å². The lowest BCUT2D eigenvalue weighted by Gasteiger charge is -2.17. The number of aromatic nitrogens is 3. The summed E-state index contributed by atoms with van der Waals surface area (Å²) >= 11 is 0. The van der Waals surface area contributed by atoms with Crippen molar-refractivity contribution in [2.75, 3.05) is 23.0 Å². The molecule has 0 fully saturated rings. The molecule has 0 atom stereocenters. The van der Waals surface area contributed by atoms with Crippen LogP contribution in [0.2, 0.25) is 0 Å². The Kier molecular flexibility index (Phi) is 7.64. The van der Waals surface area contributed by atoms with Crippen LogP contribution in [0.25, 0.3) is 22.2 Å². The van der Waals surface area contributed by atoms with Gasteiger partial charge in [0.15, 0.2) is 5.82 Å². The summed E-state index contributed by atoms with van der Waals surface area (Å²) in [5.41, 5.74) is 14.5. The molecule has 0 aliphatic carbocycles. The number of hydrogen-bond donors (Lipinski definition) is 5. The number of anilines is 3. The molecule has 0 saturated carbocycles. The van der Waals surface area contributed by atoms with Gasteiger partial charge in [-0.1, -0.05) is 42.5 Å². The van der Waals surface area contributed by atoms with E-state index in [1.807, 2.05) is 18.2 Å². The molecule has 214 valence electrons. The number of pyridine rings is 1. The largest absolute Gasteiger partial charge is 0.417 e. The summed E-state index contributed by atoms with van der Waals surface area (Å²) in [6.45, 7) is 3.80. The van der Waals surface area contributed by atoms with Crippen molar-refractivity contribution in [1.29, 1.82) is 5.41 Å². The fourth-order valence-electron chi connectivity index (χ4n) is 4.86. The van der Waals surface area contributed by atoms with Gasteiger partial charge in [0.2, 0.25) is 0 Å². The highest BCUT2D eigenvalue weighted by Crippen LogP contribution is 2.38. The Labute approximate surface area is 239 Å². The maximum atomic E-state index is 14.0. The van der Waals surface area contributed by atoms with Crippen molar-refractivity contribution < 1.29 is 13.2 Å². The first-order chi connectivity index (χ1) is 20.1. The molecule has 9 nitrogen and oxygen atoms in total. The molecule has 0 amide bonds. The second kappa shape index (κ2) is 11.3. The summed E-state index contributed by atoms with van der Waals surface area (Å²) in [6.07, 6.45) is -4.57. The Morgan fingerprint density at radius 1 is 1.05 bits per heavy atom. The highest BCUT2D eigenvalue weighted by molar-refractivity contribution is 6.17. The molecule has 5 aromatic rings. The Bertz CT molecular complexity index is 1810. The van der Waals surface area contributed by atoms with Crippen molar-refractivity contribution in [3.8, 4) is 11.3 Å². The number of nitrogen functional groups attached to an aromatic ring is 1. The van der Waals surface area contributed by atoms with Gasteiger partial charge >= 0.3 is 6.18 Å². The molecule has 0 radical (unpaired) electrons. The van der Waals surface area contributed by atoms with Gasteiger partial charge in [-0.25, -0.2) is 4.98 Å². The predicted molar refractivity (Wildman–Crippen MR) is 161 cm³/mol. The smallest absolute Gasteiger partial charge is 0.382 e. The normalized spacial score (nSPS) is 11.5. The molecule has 0 spiro atoms. The van der Waals surface area contributed by atoms with Crippen molar-refractivity contribution in [3.05, 3.63) is 95.1 Å². The molecular weight excluding hydrogens is 543 g/mol. The highest BCUT2D eigenvalue weighted by atomic mass is 19.4. The lowest BCUT2D eigenvalue weighted by molar-refractivity contribution is -0.137. The average Bonchev–Trinajstić information content (AvgIpc) is 3.26. The van der Waals surface area contributed by atoms with Gasteiger partial charge in [0.25, 0.3) is 0 Å². The van der Waals surface area contributed by atoms with E-state index >= 15 is 0 Å². The van der Waals surface area contributed by atoms with Crippen LogP contribution in [-0.4, -0.2) is 33.9 Å². The Hall–Kier alpha value is -5.23. The minimum atomic E-state index is -4.57. The number of nitrogens with zero attached hydrogens (tertiary/aromatic N) is 4. The van der Waals surface area contributed by atoms with E-state index in [-0.39, 0.29) is 36.0 Å². The zero-order chi connectivity index (χ0) is 30.0. The van der Waals surface area contributed by atoms with Gasteiger partial charge in [0.05, 0.1) is 46.1 Å². The van der Waals surface area contributed by atoms with Gasteiger partial charge in [-0.05, 0) is 42.6 Å². The molecule has 12 heteroatoms. The van der Waals surface area contributed by atoms with Crippen LogP contribution < -0.4 is 22.1 Å². The fourth-order valence-corrected chi connectivity index (χ4v) is 4.86. The number of para-hydroxylation sites is 1. The number of alkyl halides is 3. The van der Waals surface area contributed by atoms with Crippen LogP contribution >= 0.6 is 0 Å². The maximum absolute atomic E-state index is 14.0. The van der Waals surface area contributed by atoms with Crippen LogP contribution in [0, 0.1) is 5.41 Å². The van der Waals surface area contributed by atoms with Gasteiger partial charge in [-0.2, -0.15) is 18.3 Å². The van der Waals surface area contributed by atoms with Crippen molar-refractivity contribution in [3.63, 3.8) is 0 Å². The number of benzene rings is 3. The topological polar surface area (TPSA) is 143 Å². The van der Waals surface area contributed by atoms with Crippen LogP contribution in [0.1, 0.15) is 22.3 Å². The summed E-state index contributed by atoms with van der Waals surface area (Å²) in [6, 6.07) is 19.6. The van der Waals surface area contributed by atoms with Gasteiger partial charge in [-0.3, -0.25) is 15.1 Å². The highest BCUT2D eigenvalue weighted by Gasteiger charge is 2.34. The van der Waals surface area contributed by atoms with Crippen molar-refractivity contribution in [2.45, 2.75) is 12.7 Å². The lowest BCUT2D eigenvalue weighted by Crippen LogP contribution is -2.13. The van der Waals surface area contributed by atoms with Gasteiger partial charge in [0, 0.05) is 30.1 Å². The molecule has 0 aliphatic rings. The molecule has 7 N–H and O–H groups in total. The van der Waals surface area contributed by atoms with E-state index in [1.54, 1.807) is 43.4 Å². The number of rotatable bonds is 9. The van der Waals surface area contributed by atoms with Crippen molar-refractivity contribution in [1.82, 2.24) is 14.8 Å². The number of aliphatic imine (C=N–C) groups is 1. The summed E-state index contributed by atoms with van der Waals surface area (Å²) in [5.74, 6) is 0.531. The maximum Gasteiger partial charge on any atom is 0.417 e. The zero-order valence-corrected chi connectivity index (χ0v) is 22.6. The van der Waals surface area contributed by atoms with E-state index in [0.29, 0.717) is 39.4 Å². The number of nitrogens with two attached hydrogens (primary N) is 2. The second-order valence-electron chi connectivity index (χ2n) is 9.46. The molecule has 0 bridgehead atoms. The molecule has 0 saturated heterocycles. The van der Waals surface area contributed by atoms with Gasteiger partial charge in [0.1, 0.15) is 5.82 Å². The van der Waals surface area contributed by atoms with Gasteiger partial charge < -0.3 is 22.1 Å². The summed E-state index contributed by atoms with van der Waals surface area (Å²) in [7, 11) is 1.67. The van der Waals surface area contributed by atoms with E-state index in [9.17, 15) is 13.2 Å². The number of nitrogens with one attached hydrogen (secondary N) is 3. The molecular formula is C30H28F3N9. The average molecular weight is 572 g/mol. The fraction of sp³-hybridized carbons (Fsp3) is 0.133. The van der Waals surface area contributed by atoms with Crippen LogP contribution in [-0.2, 0) is 19.8 Å². The number of aryl methyl sites for hydroxylation is 1. The molecule has 3 aromatic carbocycles. The molecule has 2 aromatic heterocycles. The Balaban J connectivity index is 1.57. The third kappa shape index (κ3) is 5.39. The number of hydrogen-bond acceptors (Lipinski definition) is 8. The summed E-state index contributed by atoms with van der Waals surface area (Å²) in [4.78, 5) is 8.62. The third-order valence-corrected chi connectivity index (χ3v) is 6.81. The second-order valence-corrected chi connectivity index (χ2v) is 9.46. The van der Waals surface area contributed by atoms with Crippen molar-refractivity contribution in [2.24, 2.45) is 17.8 Å². The third-order valence-electron chi connectivity index (χ3n) is 6.81. The molecule has 5 rings (SSSR count). The standard InChI is InChI=1S/C30H28F3N9/c1-37-23-12-11-18(14-24(23)39-16-34)26(35)25-28(36)41-42(2)29(25)38-15-19-13-17-7-3-6-10-22(17)40-27(19)20-8-4-5-9-21(20)30(31,32)33/h3-14,35,38-39H,1,15-16,34H2,2H3,(H2,36,41). The van der Waals surface area contributed by atoms with E-state index in [4.69, 9.17) is 16.9 Å². The molecule has 2 heterocycles. The van der Waals surface area contributed by atoms with Crippen LogP contribution in [0.4, 0.5) is 36.2 Å². The minimum Gasteiger partial charge on any atom is -0.382 e. The van der Waals surface area contributed by atoms with Crippen molar-refractivity contribution >= 4 is 46.3 Å². The lowest BCUT2D eigenvalue weighted by atomic mass is 9.98. The molecule has 0 aliphatic heterocycles. The monoisotopic (exact) mass is 571 g/mol. The Morgan fingerprint density at radius 2 is 1.79 bits per heavy atom. The first kappa shape index (κ1) is 28.3. The summed E-state index contributed by atoms with van der Waals surface area (Å²) in [5, 5.41) is 20.3. The molecule has 42 heavy (non-hydrogen) atoms. The Morgan fingerprint density at radius 3 is 2.52 bits per heavy atom. The molecule has 0 unspecified atom stereocenters. The quantitative estimate of drug-likeness (QED) is 0.110. The SMILES string of the molecule is C=Nc1ccc(C(=N)c2c(N)nn(C)c2NCc2cc3ccccc3nc2-c2ccccc2C(F)(F)F)cc1NCN. The van der Waals surface area contributed by atoms with E-state index in [0.717, 1.165) is 11.5 Å². The first-order valence-electron chi connectivity index (χ1n) is 12.9. The predicted octanol–water partition coefficient (Wildman–Crippen LogP) is 5.92. The minimum absolute atomic E-state index is 0.0270. The van der Waals surface area contributed by atoms with Crippen LogP contribution in [0.5, 0.6) is 0 Å². The first-order valence-corrected chi connectivity index (χ1v) is 12.9. The van der Waals surface area contributed by atoms with E-state index < -0.39 is 11.7 Å². The van der Waals surface area contributed by atoms with Gasteiger partial charge in [-0.15, -0.1) is 0 Å². The summed E-state index contributed by atoms with van der Waals surface area (Å²) < 4.78 is 43.5. The van der Waals surface area contributed by atoms with Crippen LogP contribution in [0.3, 0.4) is 0 Å². The number of fused-ring (bicyclic) bond motifs is 1. The van der Waals surface area contributed by atoms with Crippen LogP contribution in [0.15, 0.2) is 77.8 Å².